The van der Waals surface area contributed by atoms with Gasteiger partial charge in [0, 0.05) is 17.7 Å². The number of halogens is 1. The number of benzene rings is 3. The monoisotopic (exact) mass is 529 g/mol. The summed E-state index contributed by atoms with van der Waals surface area (Å²) in [6, 6.07) is 20.3. The van der Waals surface area contributed by atoms with E-state index in [2.05, 4.69) is 10.3 Å². The zero-order valence-electron chi connectivity index (χ0n) is 22.6. The first-order valence-electron chi connectivity index (χ1n) is 13.0. The largest absolute Gasteiger partial charge is 0.497 e. The SMILES string of the molecule is COc1cccc(C2(NC(=O)c3cccc(-c4ccc5c(c4)C(F)=NC5)c3)CCN(C(=O)OC(C)(C)C)C2)c1. The highest BCUT2D eigenvalue weighted by atomic mass is 19.1. The minimum Gasteiger partial charge on any atom is -0.497 e. The van der Waals surface area contributed by atoms with Gasteiger partial charge in [-0.2, -0.15) is 4.39 Å². The molecule has 8 heteroatoms. The third-order valence-electron chi connectivity index (χ3n) is 7.07. The van der Waals surface area contributed by atoms with Gasteiger partial charge in [0.15, 0.2) is 0 Å². The van der Waals surface area contributed by atoms with Gasteiger partial charge in [-0.25, -0.2) is 4.79 Å². The number of carbonyl (C=O) groups is 2. The predicted molar refractivity (Wildman–Crippen MR) is 148 cm³/mol. The molecule has 0 radical (unpaired) electrons. The van der Waals surface area contributed by atoms with Gasteiger partial charge in [0.2, 0.25) is 5.97 Å². The van der Waals surface area contributed by atoms with Gasteiger partial charge in [0.25, 0.3) is 5.91 Å². The number of hydrogen-bond donors (Lipinski definition) is 1. The van der Waals surface area contributed by atoms with E-state index in [0.717, 1.165) is 22.3 Å². The molecule has 2 amide bonds. The van der Waals surface area contributed by atoms with Gasteiger partial charge in [-0.3, -0.25) is 9.79 Å². The van der Waals surface area contributed by atoms with Crippen LogP contribution in [0.5, 0.6) is 5.75 Å². The fourth-order valence-corrected chi connectivity index (χ4v) is 5.08. The molecule has 2 aliphatic rings. The normalized spacial score (nSPS) is 18.4. The van der Waals surface area contributed by atoms with Crippen LogP contribution in [0.2, 0.25) is 0 Å². The van der Waals surface area contributed by atoms with E-state index in [4.69, 9.17) is 9.47 Å². The van der Waals surface area contributed by atoms with E-state index in [-0.39, 0.29) is 12.5 Å². The van der Waals surface area contributed by atoms with Crippen LogP contribution in [0, 0.1) is 0 Å². The third-order valence-corrected chi connectivity index (χ3v) is 7.07. The number of methoxy groups -OCH3 is 1. The van der Waals surface area contributed by atoms with Crippen LogP contribution in [0.4, 0.5) is 9.18 Å². The van der Waals surface area contributed by atoms with E-state index >= 15 is 0 Å². The average Bonchev–Trinajstić information content (AvgIpc) is 3.52. The zero-order chi connectivity index (χ0) is 27.8. The van der Waals surface area contributed by atoms with E-state index < -0.39 is 23.2 Å². The molecule has 7 nitrogen and oxygen atoms in total. The summed E-state index contributed by atoms with van der Waals surface area (Å²) in [5.41, 5.74) is 2.76. The highest BCUT2D eigenvalue weighted by Crippen LogP contribution is 2.35. The number of rotatable bonds is 5. The summed E-state index contributed by atoms with van der Waals surface area (Å²) in [5, 5.41) is 3.23. The summed E-state index contributed by atoms with van der Waals surface area (Å²) in [4.78, 5) is 32.1. The van der Waals surface area contributed by atoms with Crippen molar-refractivity contribution >= 4 is 18.0 Å². The highest BCUT2D eigenvalue weighted by Gasteiger charge is 2.44. The van der Waals surface area contributed by atoms with Crippen molar-refractivity contribution in [2.45, 2.75) is 44.9 Å². The molecule has 0 aliphatic carbocycles. The Bertz CT molecular complexity index is 1460. The summed E-state index contributed by atoms with van der Waals surface area (Å²) >= 11 is 0. The maximum absolute atomic E-state index is 14.1. The number of fused-ring (bicyclic) bond motifs is 1. The molecule has 202 valence electrons. The molecular weight excluding hydrogens is 497 g/mol. The molecule has 1 unspecified atom stereocenters. The lowest BCUT2D eigenvalue weighted by atomic mass is 9.88. The molecule has 3 aromatic rings. The van der Waals surface area contributed by atoms with Crippen LogP contribution in [0.15, 0.2) is 71.7 Å². The van der Waals surface area contributed by atoms with E-state index in [0.29, 0.717) is 36.4 Å². The Morgan fingerprint density at radius 3 is 2.56 bits per heavy atom. The molecule has 39 heavy (non-hydrogen) atoms. The Labute approximate surface area is 227 Å². The van der Waals surface area contributed by atoms with E-state index in [1.165, 1.54) is 0 Å². The van der Waals surface area contributed by atoms with Gasteiger partial charge in [-0.1, -0.05) is 36.4 Å². The van der Waals surface area contributed by atoms with Gasteiger partial charge >= 0.3 is 6.09 Å². The van der Waals surface area contributed by atoms with Crippen molar-refractivity contribution in [3.63, 3.8) is 0 Å². The number of nitrogens with zero attached hydrogens (tertiary/aromatic N) is 2. The first-order chi connectivity index (χ1) is 18.6. The van der Waals surface area contributed by atoms with Crippen LogP contribution >= 0.6 is 0 Å². The molecule has 0 aromatic heterocycles. The van der Waals surface area contributed by atoms with E-state index in [9.17, 15) is 14.0 Å². The van der Waals surface area contributed by atoms with E-state index in [1.54, 1.807) is 30.2 Å². The molecule has 2 aliphatic heterocycles. The number of likely N-dealkylation sites (tertiary alicyclic amines) is 1. The first kappa shape index (κ1) is 26.4. The minimum absolute atomic E-state index is 0.254. The van der Waals surface area contributed by atoms with Crippen molar-refractivity contribution in [1.82, 2.24) is 10.2 Å². The number of nitrogens with one attached hydrogen (secondary N) is 1. The maximum Gasteiger partial charge on any atom is 0.410 e. The molecule has 1 atom stereocenters. The Morgan fingerprint density at radius 1 is 1.03 bits per heavy atom. The van der Waals surface area contributed by atoms with Crippen LogP contribution in [-0.2, 0) is 16.8 Å². The van der Waals surface area contributed by atoms with Gasteiger partial charge < -0.3 is 19.7 Å². The smallest absolute Gasteiger partial charge is 0.410 e. The van der Waals surface area contributed by atoms with Crippen LogP contribution in [0.3, 0.4) is 0 Å². The van der Waals surface area contributed by atoms with Gasteiger partial charge in [-0.05, 0) is 79.8 Å². The number of aliphatic imine (C=N–C) groups is 1. The van der Waals surface area contributed by atoms with Crippen molar-refractivity contribution in [1.29, 1.82) is 0 Å². The lowest BCUT2D eigenvalue weighted by Gasteiger charge is -2.32. The summed E-state index contributed by atoms with van der Waals surface area (Å²) < 4.78 is 25.2. The summed E-state index contributed by atoms with van der Waals surface area (Å²) in [5.74, 6) is -0.0809. The Kier molecular flexibility index (Phi) is 6.89. The fourth-order valence-electron chi connectivity index (χ4n) is 5.08. The summed E-state index contributed by atoms with van der Waals surface area (Å²) in [6.07, 6.45) is 0.0877. The molecule has 5 rings (SSSR count). The molecule has 1 fully saturated rings. The quantitative estimate of drug-likeness (QED) is 0.449. The second-order valence-electron chi connectivity index (χ2n) is 11.0. The average molecular weight is 530 g/mol. The van der Waals surface area contributed by atoms with Gasteiger partial charge in [-0.15, -0.1) is 0 Å². The molecular formula is C31H32FN3O4. The number of hydrogen-bond acceptors (Lipinski definition) is 5. The minimum atomic E-state index is -0.842. The molecule has 0 bridgehead atoms. The second-order valence-corrected chi connectivity index (χ2v) is 11.0. The molecule has 0 spiro atoms. The second kappa shape index (κ2) is 10.2. The third kappa shape index (κ3) is 5.50. The van der Waals surface area contributed by atoms with Crippen LogP contribution < -0.4 is 10.1 Å². The highest BCUT2D eigenvalue weighted by molar-refractivity contribution is 5.99. The zero-order valence-corrected chi connectivity index (χ0v) is 22.6. The Hall–Kier alpha value is -4.20. The van der Waals surface area contributed by atoms with Crippen LogP contribution in [-0.4, -0.2) is 48.7 Å². The molecule has 2 heterocycles. The van der Waals surface area contributed by atoms with Gasteiger partial charge in [0.05, 0.1) is 25.7 Å². The first-order valence-corrected chi connectivity index (χ1v) is 13.0. The van der Waals surface area contributed by atoms with Crippen LogP contribution in [0.25, 0.3) is 11.1 Å². The van der Waals surface area contributed by atoms with Crippen LogP contribution in [0.1, 0.15) is 54.2 Å². The maximum atomic E-state index is 14.1. The van der Waals surface area contributed by atoms with Crippen molar-refractivity contribution in [3.8, 4) is 16.9 Å². The Balaban J connectivity index is 1.44. The van der Waals surface area contributed by atoms with Crippen molar-refractivity contribution in [3.05, 3.63) is 89.0 Å². The summed E-state index contributed by atoms with van der Waals surface area (Å²) in [6.45, 7) is 6.50. The van der Waals surface area contributed by atoms with Gasteiger partial charge in [0.1, 0.15) is 11.4 Å². The van der Waals surface area contributed by atoms with Crippen molar-refractivity contribution in [2.75, 3.05) is 20.2 Å². The molecule has 0 saturated carbocycles. The predicted octanol–water partition coefficient (Wildman–Crippen LogP) is 5.86. The molecule has 3 aromatic carbocycles. The molecule has 1 saturated heterocycles. The lowest BCUT2D eigenvalue weighted by molar-refractivity contribution is 0.0278. The number of ether oxygens (including phenoxy) is 2. The van der Waals surface area contributed by atoms with E-state index in [1.807, 2.05) is 69.3 Å². The Morgan fingerprint density at radius 2 is 1.79 bits per heavy atom. The number of carbonyl (C=O) groups excluding carboxylic acids is 2. The number of amides is 2. The lowest BCUT2D eigenvalue weighted by Crippen LogP contribution is -2.49. The van der Waals surface area contributed by atoms with Crippen molar-refractivity contribution < 1.29 is 23.5 Å². The standard InChI is InChI=1S/C31H32FN3O4/c1-30(2,3)39-29(37)35-14-13-31(19-35,24-9-6-10-25(17-24)38-4)34-28(36)22-8-5-7-20(15-22)21-11-12-23-18-33-27(32)26(23)16-21/h5-12,15-17H,13-14,18-19H2,1-4H3,(H,34,36). The topological polar surface area (TPSA) is 80.2 Å². The summed E-state index contributed by atoms with van der Waals surface area (Å²) in [7, 11) is 1.59. The molecule has 1 N–H and O–H groups in total. The van der Waals surface area contributed by atoms with Crippen molar-refractivity contribution in [2.24, 2.45) is 4.99 Å². The fraction of sp³-hybridized carbons (Fsp3) is 0.323.